The topological polar surface area (TPSA) is 67.5 Å². The number of hydrogen-bond acceptors (Lipinski definition) is 2. The van der Waals surface area contributed by atoms with Crippen LogP contribution < -0.4 is 11.2 Å². The molecule has 0 saturated carbocycles. The molecule has 3 N–H and O–H groups in total. The van der Waals surface area contributed by atoms with E-state index in [4.69, 9.17) is 5.73 Å². The molecule has 0 saturated heterocycles. The van der Waals surface area contributed by atoms with Gasteiger partial charge >= 0.3 is 6.03 Å². The minimum absolute atomic E-state index is 0.394. The molecule has 0 aliphatic heterocycles. The molecule has 0 bridgehead atoms. The third-order valence-electron chi connectivity index (χ3n) is 2.73. The maximum absolute atomic E-state index is 10.5. The van der Waals surface area contributed by atoms with Gasteiger partial charge in [0.1, 0.15) is 0 Å². The minimum atomic E-state index is -0.610. The first kappa shape index (κ1) is 10.8. The quantitative estimate of drug-likeness (QED) is 0.615. The fourth-order valence-electron chi connectivity index (χ4n) is 1.65. The largest absolute Gasteiger partial charge is 0.350 e. The van der Waals surface area contributed by atoms with Gasteiger partial charge in [0, 0.05) is 5.92 Å². The summed E-state index contributed by atoms with van der Waals surface area (Å²) in [7, 11) is 0. The highest BCUT2D eigenvalue weighted by Crippen LogP contribution is 2.26. The van der Waals surface area contributed by atoms with Gasteiger partial charge in [-0.2, -0.15) is 5.10 Å². The van der Waals surface area contributed by atoms with Crippen molar-refractivity contribution in [1.82, 2.24) is 5.43 Å². The van der Waals surface area contributed by atoms with Crippen molar-refractivity contribution < 1.29 is 4.79 Å². The van der Waals surface area contributed by atoms with Gasteiger partial charge in [-0.25, -0.2) is 10.2 Å². The van der Waals surface area contributed by atoms with Crippen molar-refractivity contribution in [3.63, 3.8) is 0 Å². The Balaban J connectivity index is 2.88. The second kappa shape index (κ2) is 4.26. The molecule has 0 radical (unpaired) electrons. The molecule has 1 rings (SSSR count). The lowest BCUT2D eigenvalue weighted by Gasteiger charge is -2.22. The Bertz CT molecular complexity index is 304. The van der Waals surface area contributed by atoms with Gasteiger partial charge in [-0.15, -0.1) is 0 Å². The number of nitrogens with two attached hydrogens (primary N) is 1. The molecule has 1 aliphatic rings. The molecule has 1 aliphatic carbocycles. The van der Waals surface area contributed by atoms with E-state index in [0.717, 1.165) is 18.6 Å². The average Bonchev–Trinajstić information content (AvgIpc) is 2.11. The van der Waals surface area contributed by atoms with Crippen LogP contribution in [0.2, 0.25) is 0 Å². The van der Waals surface area contributed by atoms with Crippen LogP contribution in [0.1, 0.15) is 33.6 Å². The van der Waals surface area contributed by atoms with Crippen molar-refractivity contribution in [2.24, 2.45) is 16.8 Å². The lowest BCUT2D eigenvalue weighted by atomic mass is 9.84. The van der Waals surface area contributed by atoms with Crippen molar-refractivity contribution >= 4 is 11.7 Å². The van der Waals surface area contributed by atoms with Gasteiger partial charge < -0.3 is 5.73 Å². The second-order valence-electron chi connectivity index (χ2n) is 3.82. The SMILES string of the molecule is CC1=C(C)/C(=N/NC(N)=O)C(C)CC1. The Hall–Kier alpha value is -1.32. The van der Waals surface area contributed by atoms with Crippen LogP contribution in [0.4, 0.5) is 4.79 Å². The van der Waals surface area contributed by atoms with Crippen LogP contribution in [-0.4, -0.2) is 11.7 Å². The van der Waals surface area contributed by atoms with Gasteiger partial charge in [0.15, 0.2) is 0 Å². The van der Waals surface area contributed by atoms with Gasteiger partial charge in [0.25, 0.3) is 0 Å². The van der Waals surface area contributed by atoms with Crippen molar-refractivity contribution in [3.05, 3.63) is 11.1 Å². The molecule has 0 aromatic rings. The van der Waals surface area contributed by atoms with Crippen LogP contribution >= 0.6 is 0 Å². The summed E-state index contributed by atoms with van der Waals surface area (Å²) in [6.07, 6.45) is 2.20. The zero-order valence-electron chi connectivity index (χ0n) is 8.92. The Morgan fingerprint density at radius 1 is 1.57 bits per heavy atom. The number of carbonyl (C=O) groups is 1. The zero-order chi connectivity index (χ0) is 10.7. The van der Waals surface area contributed by atoms with Crippen LogP contribution in [0.15, 0.2) is 16.2 Å². The molecule has 0 fully saturated rings. The number of urea groups is 1. The highest BCUT2D eigenvalue weighted by atomic mass is 16.2. The van der Waals surface area contributed by atoms with Crippen LogP contribution in [0.3, 0.4) is 0 Å². The number of hydrogen-bond donors (Lipinski definition) is 2. The number of primary amides is 1. The molecular weight excluding hydrogens is 178 g/mol. The summed E-state index contributed by atoms with van der Waals surface area (Å²) in [4.78, 5) is 10.5. The van der Waals surface area contributed by atoms with Crippen LogP contribution in [0.5, 0.6) is 0 Å². The molecule has 0 aromatic carbocycles. The number of nitrogens with zero attached hydrogens (tertiary/aromatic N) is 1. The fraction of sp³-hybridized carbons (Fsp3) is 0.600. The predicted octanol–water partition coefficient (Wildman–Crippen LogP) is 1.78. The normalized spacial score (nSPS) is 25.4. The van der Waals surface area contributed by atoms with E-state index in [1.165, 1.54) is 11.1 Å². The first-order valence-corrected chi connectivity index (χ1v) is 4.82. The highest BCUT2D eigenvalue weighted by molar-refractivity contribution is 6.02. The summed E-state index contributed by atoms with van der Waals surface area (Å²) in [5, 5.41) is 4.03. The summed E-state index contributed by atoms with van der Waals surface area (Å²) >= 11 is 0. The highest BCUT2D eigenvalue weighted by Gasteiger charge is 2.19. The van der Waals surface area contributed by atoms with E-state index in [2.05, 4.69) is 24.4 Å². The van der Waals surface area contributed by atoms with Gasteiger partial charge in [-0.3, -0.25) is 0 Å². The number of allylic oxidation sites excluding steroid dienone is 2. The minimum Gasteiger partial charge on any atom is -0.350 e. The number of rotatable bonds is 1. The molecule has 4 heteroatoms. The van der Waals surface area contributed by atoms with Crippen LogP contribution in [0.25, 0.3) is 0 Å². The third-order valence-corrected chi connectivity index (χ3v) is 2.73. The summed E-state index contributed by atoms with van der Waals surface area (Å²) in [5.41, 5.74) is 10.7. The first-order valence-electron chi connectivity index (χ1n) is 4.82. The van der Waals surface area contributed by atoms with E-state index < -0.39 is 6.03 Å². The molecule has 4 nitrogen and oxygen atoms in total. The smallest absolute Gasteiger partial charge is 0.332 e. The van der Waals surface area contributed by atoms with Crippen LogP contribution in [-0.2, 0) is 0 Å². The number of amides is 2. The van der Waals surface area contributed by atoms with Crippen molar-refractivity contribution in [2.75, 3.05) is 0 Å². The average molecular weight is 195 g/mol. The maximum atomic E-state index is 10.5. The Kier molecular flexibility index (Phi) is 3.28. The zero-order valence-corrected chi connectivity index (χ0v) is 8.92. The predicted molar refractivity (Wildman–Crippen MR) is 56.9 cm³/mol. The number of hydrazone groups is 1. The van der Waals surface area contributed by atoms with Gasteiger partial charge in [0.2, 0.25) is 0 Å². The lowest BCUT2D eigenvalue weighted by molar-refractivity contribution is 0.249. The standard InChI is InChI=1S/C10H17N3O/c1-6-4-5-7(2)9(8(6)3)12-13-10(11)14/h7H,4-5H2,1-3H3,(H3,11,13,14)/b12-9+. The summed E-state index contributed by atoms with van der Waals surface area (Å²) in [5.74, 6) is 0.394. The van der Waals surface area contributed by atoms with Crippen molar-refractivity contribution in [3.8, 4) is 0 Å². The summed E-state index contributed by atoms with van der Waals surface area (Å²) < 4.78 is 0. The van der Waals surface area contributed by atoms with Crippen molar-refractivity contribution in [2.45, 2.75) is 33.6 Å². The Labute approximate surface area is 84.2 Å². The van der Waals surface area contributed by atoms with E-state index >= 15 is 0 Å². The van der Waals surface area contributed by atoms with Gasteiger partial charge in [0.05, 0.1) is 5.71 Å². The molecule has 0 spiro atoms. The molecule has 14 heavy (non-hydrogen) atoms. The molecule has 0 heterocycles. The Morgan fingerprint density at radius 2 is 2.21 bits per heavy atom. The van der Waals surface area contributed by atoms with Gasteiger partial charge in [-0.05, 0) is 32.3 Å². The lowest BCUT2D eigenvalue weighted by Crippen LogP contribution is -2.29. The summed E-state index contributed by atoms with van der Waals surface area (Å²) in [6, 6.07) is -0.610. The van der Waals surface area contributed by atoms with E-state index in [-0.39, 0.29) is 0 Å². The van der Waals surface area contributed by atoms with Crippen molar-refractivity contribution in [1.29, 1.82) is 0 Å². The Morgan fingerprint density at radius 3 is 2.79 bits per heavy atom. The third kappa shape index (κ3) is 2.34. The molecule has 2 amide bonds. The fourth-order valence-corrected chi connectivity index (χ4v) is 1.65. The van der Waals surface area contributed by atoms with Gasteiger partial charge in [-0.1, -0.05) is 12.5 Å². The monoisotopic (exact) mass is 195 g/mol. The molecular formula is C10H17N3O. The van der Waals surface area contributed by atoms with Crippen LogP contribution in [0, 0.1) is 5.92 Å². The number of nitrogens with one attached hydrogen (secondary N) is 1. The van der Waals surface area contributed by atoms with E-state index in [0.29, 0.717) is 5.92 Å². The maximum Gasteiger partial charge on any atom is 0.332 e. The summed E-state index contributed by atoms with van der Waals surface area (Å²) in [6.45, 7) is 6.24. The van der Waals surface area contributed by atoms with E-state index in [1.54, 1.807) is 0 Å². The van der Waals surface area contributed by atoms with E-state index in [1.807, 2.05) is 6.92 Å². The molecule has 0 aromatic heterocycles. The molecule has 1 atom stereocenters. The van der Waals surface area contributed by atoms with E-state index in [9.17, 15) is 4.79 Å². The molecule has 1 unspecified atom stereocenters. The second-order valence-corrected chi connectivity index (χ2v) is 3.82. The first-order chi connectivity index (χ1) is 6.52. The molecule has 78 valence electrons. The number of carbonyl (C=O) groups excluding carboxylic acids is 1.